The zero-order chi connectivity index (χ0) is 13.2. The van der Waals surface area contributed by atoms with Gasteiger partial charge in [-0.3, -0.25) is 4.98 Å². The van der Waals surface area contributed by atoms with Gasteiger partial charge in [0.15, 0.2) is 0 Å². The third-order valence-electron chi connectivity index (χ3n) is 4.25. The van der Waals surface area contributed by atoms with Crippen LogP contribution in [-0.4, -0.2) is 17.1 Å². The van der Waals surface area contributed by atoms with E-state index in [1.807, 2.05) is 18.2 Å². The van der Waals surface area contributed by atoms with E-state index < -0.39 is 0 Å². The molecular weight excluding hydrogens is 232 g/mol. The highest BCUT2D eigenvalue weighted by Gasteiger charge is 2.19. The lowest BCUT2D eigenvalue weighted by Crippen LogP contribution is -2.40. The number of hydrogen-bond donors (Lipinski definition) is 1. The number of pyridine rings is 1. The summed E-state index contributed by atoms with van der Waals surface area (Å²) in [5.41, 5.74) is 0. The molecule has 2 saturated carbocycles. The Morgan fingerprint density at radius 2 is 1.11 bits per heavy atom. The van der Waals surface area contributed by atoms with Gasteiger partial charge in [-0.15, -0.1) is 0 Å². The summed E-state index contributed by atoms with van der Waals surface area (Å²) in [6, 6.07) is 7.46. The minimum absolute atomic E-state index is 0.872. The molecule has 0 saturated heterocycles. The molecule has 2 nitrogen and oxygen atoms in total. The molecule has 0 spiro atoms. The summed E-state index contributed by atoms with van der Waals surface area (Å²) in [4.78, 5) is 3.78. The van der Waals surface area contributed by atoms with Crippen LogP contribution >= 0.6 is 0 Å². The van der Waals surface area contributed by atoms with Crippen molar-refractivity contribution in [1.29, 1.82) is 0 Å². The Morgan fingerprint density at radius 3 is 1.42 bits per heavy atom. The molecule has 2 aliphatic rings. The van der Waals surface area contributed by atoms with Crippen LogP contribution in [0.25, 0.3) is 0 Å². The normalized spacial score (nSPS) is 21.5. The summed E-state index contributed by atoms with van der Waals surface area (Å²) in [7, 11) is 0. The number of nitrogens with zero attached hydrogens (tertiary/aromatic N) is 1. The second-order valence-electron chi connectivity index (χ2n) is 5.86. The Kier molecular flexibility index (Phi) is 6.94. The molecule has 0 amide bonds. The predicted octanol–water partition coefficient (Wildman–Crippen LogP) is 4.32. The van der Waals surface area contributed by atoms with Crippen LogP contribution in [0.15, 0.2) is 30.6 Å². The smallest absolute Gasteiger partial charge is 0.0267 e. The highest BCUT2D eigenvalue weighted by molar-refractivity contribution is 4.88. The summed E-state index contributed by atoms with van der Waals surface area (Å²) in [6.07, 6.45) is 18.1. The van der Waals surface area contributed by atoms with Crippen LogP contribution in [0.1, 0.15) is 64.2 Å². The fourth-order valence-electron chi connectivity index (χ4n) is 3.18. The third kappa shape index (κ3) is 6.20. The van der Waals surface area contributed by atoms with Gasteiger partial charge in [0, 0.05) is 24.5 Å². The highest BCUT2D eigenvalue weighted by Crippen LogP contribution is 2.22. The third-order valence-corrected chi connectivity index (χ3v) is 4.25. The SMILES string of the molecule is C1CCC(NC2CCCCC2)CC1.c1ccncc1. The van der Waals surface area contributed by atoms with Gasteiger partial charge in [-0.25, -0.2) is 0 Å². The first-order valence-corrected chi connectivity index (χ1v) is 8.06. The Morgan fingerprint density at radius 1 is 0.632 bits per heavy atom. The summed E-state index contributed by atoms with van der Waals surface area (Å²) in [5, 5.41) is 3.86. The van der Waals surface area contributed by atoms with E-state index in [0.717, 1.165) is 12.1 Å². The molecule has 1 N–H and O–H groups in total. The van der Waals surface area contributed by atoms with Gasteiger partial charge in [0.05, 0.1) is 0 Å². The zero-order valence-corrected chi connectivity index (χ0v) is 12.1. The molecule has 0 bridgehead atoms. The molecule has 0 aromatic carbocycles. The standard InChI is InChI=1S/C12H23N.C5H5N/c1-3-7-11(8-4-1)13-12-9-5-2-6-10-12;1-2-4-6-5-3-1/h11-13H,1-10H2;1-5H. The lowest BCUT2D eigenvalue weighted by atomic mass is 9.91. The van der Waals surface area contributed by atoms with Crippen molar-refractivity contribution in [2.45, 2.75) is 76.3 Å². The van der Waals surface area contributed by atoms with Crippen LogP contribution in [-0.2, 0) is 0 Å². The summed E-state index contributed by atoms with van der Waals surface area (Å²) >= 11 is 0. The van der Waals surface area contributed by atoms with E-state index in [0.29, 0.717) is 0 Å². The number of aromatic nitrogens is 1. The van der Waals surface area contributed by atoms with Crippen LogP contribution in [0.4, 0.5) is 0 Å². The largest absolute Gasteiger partial charge is 0.311 e. The molecule has 1 aromatic rings. The first-order valence-electron chi connectivity index (χ1n) is 8.06. The quantitative estimate of drug-likeness (QED) is 0.856. The van der Waals surface area contributed by atoms with Crippen LogP contribution in [0.5, 0.6) is 0 Å². The van der Waals surface area contributed by atoms with Crippen molar-refractivity contribution >= 4 is 0 Å². The van der Waals surface area contributed by atoms with Crippen molar-refractivity contribution in [1.82, 2.24) is 10.3 Å². The van der Waals surface area contributed by atoms with Crippen molar-refractivity contribution in [2.24, 2.45) is 0 Å². The van der Waals surface area contributed by atoms with Gasteiger partial charge in [0.1, 0.15) is 0 Å². The molecule has 0 atom stereocenters. The fraction of sp³-hybridized carbons (Fsp3) is 0.706. The van der Waals surface area contributed by atoms with E-state index in [9.17, 15) is 0 Å². The predicted molar refractivity (Wildman–Crippen MR) is 81.1 cm³/mol. The van der Waals surface area contributed by atoms with Crippen LogP contribution in [0.3, 0.4) is 0 Å². The topological polar surface area (TPSA) is 24.9 Å². The van der Waals surface area contributed by atoms with Gasteiger partial charge in [-0.2, -0.15) is 0 Å². The Balaban J connectivity index is 0.000000186. The summed E-state index contributed by atoms with van der Waals surface area (Å²) < 4.78 is 0. The van der Waals surface area contributed by atoms with Gasteiger partial charge < -0.3 is 5.32 Å². The average molecular weight is 260 g/mol. The van der Waals surface area contributed by atoms with E-state index in [4.69, 9.17) is 0 Å². The van der Waals surface area contributed by atoms with E-state index >= 15 is 0 Å². The maximum Gasteiger partial charge on any atom is 0.0267 e. The lowest BCUT2D eigenvalue weighted by Gasteiger charge is -2.30. The molecule has 2 fully saturated rings. The molecule has 1 heterocycles. The van der Waals surface area contributed by atoms with Gasteiger partial charge in [0.2, 0.25) is 0 Å². The van der Waals surface area contributed by atoms with Gasteiger partial charge >= 0.3 is 0 Å². The van der Waals surface area contributed by atoms with Crippen molar-refractivity contribution < 1.29 is 0 Å². The zero-order valence-electron chi connectivity index (χ0n) is 12.1. The van der Waals surface area contributed by atoms with Crippen LogP contribution < -0.4 is 5.32 Å². The van der Waals surface area contributed by atoms with E-state index in [1.165, 1.54) is 64.2 Å². The second kappa shape index (κ2) is 9.08. The van der Waals surface area contributed by atoms with E-state index in [1.54, 1.807) is 12.4 Å². The summed E-state index contributed by atoms with van der Waals surface area (Å²) in [6.45, 7) is 0. The highest BCUT2D eigenvalue weighted by atomic mass is 14.9. The molecule has 0 aliphatic heterocycles. The van der Waals surface area contributed by atoms with Gasteiger partial charge in [0.25, 0.3) is 0 Å². The molecule has 0 radical (unpaired) electrons. The van der Waals surface area contributed by atoms with Crippen LogP contribution in [0.2, 0.25) is 0 Å². The maximum atomic E-state index is 3.86. The Hall–Kier alpha value is -0.890. The molecule has 3 rings (SSSR count). The molecule has 19 heavy (non-hydrogen) atoms. The van der Waals surface area contributed by atoms with E-state index in [-0.39, 0.29) is 0 Å². The van der Waals surface area contributed by atoms with E-state index in [2.05, 4.69) is 10.3 Å². The molecule has 2 heteroatoms. The van der Waals surface area contributed by atoms with Crippen LogP contribution in [0, 0.1) is 0 Å². The van der Waals surface area contributed by atoms with Gasteiger partial charge in [-0.05, 0) is 37.8 Å². The molecule has 2 aliphatic carbocycles. The minimum atomic E-state index is 0.872. The van der Waals surface area contributed by atoms with Crippen molar-refractivity contribution in [3.8, 4) is 0 Å². The molecule has 1 aromatic heterocycles. The lowest BCUT2D eigenvalue weighted by molar-refractivity contribution is 0.291. The molecular formula is C17H28N2. The minimum Gasteiger partial charge on any atom is -0.311 e. The number of hydrogen-bond acceptors (Lipinski definition) is 2. The average Bonchev–Trinajstić information content (AvgIpc) is 2.52. The maximum absolute atomic E-state index is 3.86. The van der Waals surface area contributed by atoms with Crippen molar-refractivity contribution in [3.05, 3.63) is 30.6 Å². The summed E-state index contributed by atoms with van der Waals surface area (Å²) in [5.74, 6) is 0. The Bertz CT molecular complexity index is 258. The second-order valence-corrected chi connectivity index (χ2v) is 5.86. The first kappa shape index (κ1) is 14.5. The Labute approximate surface area is 118 Å². The molecule has 0 unspecified atom stereocenters. The van der Waals surface area contributed by atoms with Gasteiger partial charge in [-0.1, -0.05) is 44.6 Å². The molecule has 106 valence electrons. The number of nitrogens with one attached hydrogen (secondary N) is 1. The van der Waals surface area contributed by atoms with Crippen molar-refractivity contribution in [2.75, 3.05) is 0 Å². The first-order chi connectivity index (χ1) is 9.45. The number of rotatable bonds is 2. The monoisotopic (exact) mass is 260 g/mol. The van der Waals surface area contributed by atoms with Crippen molar-refractivity contribution in [3.63, 3.8) is 0 Å². The fourth-order valence-corrected chi connectivity index (χ4v) is 3.18.